The first-order valence-electron chi connectivity index (χ1n) is 7.97. The van der Waals surface area contributed by atoms with Crippen LogP contribution in [0.5, 0.6) is 0 Å². The summed E-state index contributed by atoms with van der Waals surface area (Å²) >= 11 is 6.19. The number of rotatable bonds is 4. The molecule has 0 radical (unpaired) electrons. The largest absolute Gasteiger partial charge is 0.385 e. The number of benzene rings is 2. The van der Waals surface area contributed by atoms with E-state index in [1.807, 2.05) is 0 Å². The van der Waals surface area contributed by atoms with Crippen molar-refractivity contribution in [3.8, 4) is 0 Å². The zero-order valence-electron chi connectivity index (χ0n) is 13.7. The van der Waals surface area contributed by atoms with Gasteiger partial charge in [0.15, 0.2) is 0 Å². The van der Waals surface area contributed by atoms with E-state index in [9.17, 15) is 25.3 Å². The first kappa shape index (κ1) is 18.1. The normalized spacial score (nSPS) is 16.3. The Kier molecular flexibility index (Phi) is 4.80. The third-order valence-electron chi connectivity index (χ3n) is 4.67. The van der Waals surface area contributed by atoms with Crippen LogP contribution in [0.25, 0.3) is 0 Å². The van der Waals surface area contributed by atoms with Gasteiger partial charge in [0.25, 0.3) is 11.4 Å². The molecule has 3 rings (SSSR count). The first-order chi connectivity index (χ1) is 12.3. The molecule has 1 fully saturated rings. The van der Waals surface area contributed by atoms with Crippen LogP contribution in [0.2, 0.25) is 5.02 Å². The molecule has 1 saturated heterocycles. The van der Waals surface area contributed by atoms with Crippen LogP contribution in [-0.2, 0) is 5.60 Å². The Hall–Kier alpha value is -2.71. The number of nitrogens with zero attached hydrogens (tertiary/aromatic N) is 3. The van der Waals surface area contributed by atoms with Crippen LogP contribution in [0.3, 0.4) is 0 Å². The van der Waals surface area contributed by atoms with Gasteiger partial charge in [-0.15, -0.1) is 0 Å². The maximum absolute atomic E-state index is 11.3. The molecular weight excluding hydrogens is 362 g/mol. The Morgan fingerprint density at radius 1 is 1.04 bits per heavy atom. The molecule has 1 aliphatic rings. The predicted octanol–water partition coefficient (Wildman–Crippen LogP) is 3.64. The lowest BCUT2D eigenvalue weighted by molar-refractivity contribution is -0.393. The summed E-state index contributed by atoms with van der Waals surface area (Å²) in [7, 11) is 0. The molecule has 1 N–H and O–H groups in total. The number of nitro groups is 2. The number of nitro benzene ring substituents is 2. The molecule has 0 amide bonds. The molecule has 1 aliphatic heterocycles. The molecular formula is C17H16ClN3O5. The van der Waals surface area contributed by atoms with E-state index in [4.69, 9.17) is 11.6 Å². The van der Waals surface area contributed by atoms with Gasteiger partial charge in [0.1, 0.15) is 5.69 Å². The number of anilines is 1. The summed E-state index contributed by atoms with van der Waals surface area (Å²) in [5, 5.41) is 33.6. The topological polar surface area (TPSA) is 110 Å². The van der Waals surface area contributed by atoms with Crippen molar-refractivity contribution >= 4 is 28.7 Å². The third-order valence-corrected chi connectivity index (χ3v) is 5.00. The lowest BCUT2D eigenvalue weighted by Gasteiger charge is -2.39. The SMILES string of the molecule is O=[N+]([O-])c1ccc(N2CCC(O)(c3ccccc3Cl)CC2)c([N+](=O)[O-])c1. The first-order valence-corrected chi connectivity index (χ1v) is 8.35. The van der Waals surface area contributed by atoms with Crippen molar-refractivity contribution in [2.45, 2.75) is 18.4 Å². The minimum atomic E-state index is -1.11. The molecule has 0 bridgehead atoms. The van der Waals surface area contributed by atoms with Gasteiger partial charge in [-0.2, -0.15) is 0 Å². The maximum atomic E-state index is 11.3. The number of halogens is 1. The fourth-order valence-electron chi connectivity index (χ4n) is 3.26. The summed E-state index contributed by atoms with van der Waals surface area (Å²) in [6.07, 6.45) is 0.676. The molecule has 26 heavy (non-hydrogen) atoms. The van der Waals surface area contributed by atoms with E-state index >= 15 is 0 Å². The van der Waals surface area contributed by atoms with Gasteiger partial charge in [-0.25, -0.2) is 0 Å². The molecule has 1 heterocycles. The van der Waals surface area contributed by atoms with Crippen LogP contribution in [0.15, 0.2) is 42.5 Å². The number of hydrogen-bond donors (Lipinski definition) is 1. The Bertz CT molecular complexity index is 865. The minimum absolute atomic E-state index is 0.307. The van der Waals surface area contributed by atoms with Gasteiger partial charge in [0.2, 0.25) is 0 Å². The van der Waals surface area contributed by atoms with E-state index in [2.05, 4.69) is 0 Å². The molecule has 0 aliphatic carbocycles. The number of hydrogen-bond acceptors (Lipinski definition) is 6. The van der Waals surface area contributed by atoms with Gasteiger partial charge < -0.3 is 10.0 Å². The highest BCUT2D eigenvalue weighted by Gasteiger charge is 2.37. The van der Waals surface area contributed by atoms with Gasteiger partial charge in [-0.1, -0.05) is 29.8 Å². The second-order valence-corrected chi connectivity index (χ2v) is 6.59. The fraction of sp³-hybridized carbons (Fsp3) is 0.294. The average Bonchev–Trinajstić information content (AvgIpc) is 2.62. The summed E-state index contributed by atoms with van der Waals surface area (Å²) in [4.78, 5) is 22.6. The number of piperidine rings is 1. The Labute approximate surface area is 153 Å². The van der Waals surface area contributed by atoms with E-state index < -0.39 is 15.4 Å². The van der Waals surface area contributed by atoms with E-state index in [1.165, 1.54) is 12.1 Å². The summed E-state index contributed by atoms with van der Waals surface area (Å²) in [5.41, 5.74) is -0.807. The van der Waals surface area contributed by atoms with Gasteiger partial charge in [0.05, 0.1) is 21.5 Å². The van der Waals surface area contributed by atoms with Crippen LogP contribution in [0, 0.1) is 20.2 Å². The zero-order chi connectivity index (χ0) is 18.9. The van der Waals surface area contributed by atoms with E-state index in [1.54, 1.807) is 29.2 Å². The summed E-state index contributed by atoms with van der Waals surface area (Å²) in [6.45, 7) is 0.723. The summed E-state index contributed by atoms with van der Waals surface area (Å²) in [5.74, 6) is 0. The highest BCUT2D eigenvalue weighted by molar-refractivity contribution is 6.31. The smallest absolute Gasteiger partial charge is 0.299 e. The van der Waals surface area contributed by atoms with Crippen LogP contribution in [0.1, 0.15) is 18.4 Å². The average molecular weight is 378 g/mol. The van der Waals surface area contributed by atoms with Crippen LogP contribution >= 0.6 is 11.6 Å². The Balaban J connectivity index is 1.85. The Morgan fingerprint density at radius 3 is 2.27 bits per heavy atom. The van der Waals surface area contributed by atoms with Crippen molar-refractivity contribution in [2.75, 3.05) is 18.0 Å². The molecule has 0 aromatic heterocycles. The van der Waals surface area contributed by atoms with Crippen LogP contribution < -0.4 is 4.90 Å². The van der Waals surface area contributed by atoms with Crippen LogP contribution in [0.4, 0.5) is 17.1 Å². The van der Waals surface area contributed by atoms with E-state index in [0.717, 1.165) is 6.07 Å². The molecule has 8 nitrogen and oxygen atoms in total. The van der Waals surface area contributed by atoms with Crippen molar-refractivity contribution in [1.29, 1.82) is 0 Å². The monoisotopic (exact) mass is 377 g/mol. The minimum Gasteiger partial charge on any atom is -0.385 e. The van der Waals surface area contributed by atoms with Gasteiger partial charge >= 0.3 is 0 Å². The molecule has 136 valence electrons. The maximum Gasteiger partial charge on any atom is 0.299 e. The number of aliphatic hydroxyl groups is 1. The molecule has 2 aromatic rings. The van der Waals surface area contributed by atoms with Crippen molar-refractivity contribution in [2.24, 2.45) is 0 Å². The van der Waals surface area contributed by atoms with Crippen molar-refractivity contribution in [3.05, 3.63) is 73.3 Å². The van der Waals surface area contributed by atoms with E-state index in [0.29, 0.717) is 42.2 Å². The molecule has 9 heteroatoms. The van der Waals surface area contributed by atoms with Crippen molar-refractivity contribution in [1.82, 2.24) is 0 Å². The molecule has 0 saturated carbocycles. The van der Waals surface area contributed by atoms with Gasteiger partial charge in [-0.05, 0) is 25.0 Å². The van der Waals surface area contributed by atoms with Crippen LogP contribution in [-0.4, -0.2) is 28.0 Å². The molecule has 0 unspecified atom stereocenters. The molecule has 0 atom stereocenters. The third kappa shape index (κ3) is 3.33. The number of non-ortho nitro benzene ring substituents is 1. The van der Waals surface area contributed by atoms with Crippen molar-refractivity contribution in [3.63, 3.8) is 0 Å². The van der Waals surface area contributed by atoms with E-state index in [-0.39, 0.29) is 11.4 Å². The lowest BCUT2D eigenvalue weighted by atomic mass is 9.84. The summed E-state index contributed by atoms with van der Waals surface area (Å²) in [6, 6.07) is 10.7. The fourth-order valence-corrected chi connectivity index (χ4v) is 3.58. The zero-order valence-corrected chi connectivity index (χ0v) is 14.4. The quantitative estimate of drug-likeness (QED) is 0.643. The summed E-state index contributed by atoms with van der Waals surface area (Å²) < 4.78 is 0. The Morgan fingerprint density at radius 2 is 1.69 bits per heavy atom. The van der Waals surface area contributed by atoms with Gasteiger partial charge in [-0.3, -0.25) is 20.2 Å². The van der Waals surface area contributed by atoms with Gasteiger partial charge in [0, 0.05) is 29.7 Å². The molecule has 2 aromatic carbocycles. The molecule has 0 spiro atoms. The highest BCUT2D eigenvalue weighted by atomic mass is 35.5. The standard InChI is InChI=1S/C17H16ClN3O5/c18-14-4-2-1-3-13(14)17(22)7-9-19(10-8-17)15-6-5-12(20(23)24)11-16(15)21(25)26/h1-6,11,22H,7-10H2. The highest BCUT2D eigenvalue weighted by Crippen LogP contribution is 2.40. The lowest BCUT2D eigenvalue weighted by Crippen LogP contribution is -2.43. The van der Waals surface area contributed by atoms with Crippen molar-refractivity contribution < 1.29 is 15.0 Å². The predicted molar refractivity (Wildman–Crippen MR) is 96.5 cm³/mol. The second kappa shape index (κ2) is 6.89. The second-order valence-electron chi connectivity index (χ2n) is 6.19.